The van der Waals surface area contributed by atoms with Crippen molar-refractivity contribution in [2.24, 2.45) is 5.73 Å². The molecule has 2 N–H and O–H groups in total. The lowest BCUT2D eigenvalue weighted by molar-refractivity contribution is 0.0689. The molecule has 2 aliphatic rings. The summed E-state index contributed by atoms with van der Waals surface area (Å²) in [6.07, 6.45) is 3.59. The lowest BCUT2D eigenvalue weighted by atomic mass is 10.0. The summed E-state index contributed by atoms with van der Waals surface area (Å²) in [5.41, 5.74) is 6.98. The molecule has 1 fully saturated rings. The van der Waals surface area contributed by atoms with Gasteiger partial charge in [0.25, 0.3) is 5.91 Å². The third-order valence-corrected chi connectivity index (χ3v) is 4.51. The lowest BCUT2D eigenvalue weighted by Gasteiger charge is -2.31. The first-order chi connectivity index (χ1) is 11.7. The van der Waals surface area contributed by atoms with Crippen molar-refractivity contribution in [3.8, 4) is 11.5 Å². The fourth-order valence-electron chi connectivity index (χ4n) is 3.13. The van der Waals surface area contributed by atoms with Gasteiger partial charge in [0.1, 0.15) is 0 Å². The number of fused-ring (bicyclic) bond motifs is 1. The third-order valence-electron chi connectivity index (χ3n) is 4.51. The zero-order valence-corrected chi connectivity index (χ0v) is 13.2. The smallest absolute Gasteiger partial charge is 0.253 e. The molecule has 8 heteroatoms. The molecule has 1 aromatic carbocycles. The summed E-state index contributed by atoms with van der Waals surface area (Å²) in [7, 11) is 0. The van der Waals surface area contributed by atoms with E-state index in [2.05, 4.69) is 10.3 Å². The van der Waals surface area contributed by atoms with Gasteiger partial charge >= 0.3 is 0 Å². The van der Waals surface area contributed by atoms with Crippen molar-refractivity contribution in [2.75, 3.05) is 19.9 Å². The summed E-state index contributed by atoms with van der Waals surface area (Å²) in [5, 5.41) is 8.16. The molecule has 0 atom stereocenters. The maximum absolute atomic E-state index is 12.7. The number of aromatic nitrogens is 3. The van der Waals surface area contributed by atoms with Crippen LogP contribution >= 0.6 is 0 Å². The molecule has 2 aliphatic heterocycles. The normalized spacial score (nSPS) is 17.3. The van der Waals surface area contributed by atoms with Gasteiger partial charge in [-0.2, -0.15) is 0 Å². The van der Waals surface area contributed by atoms with Crippen LogP contribution in [0.1, 0.15) is 34.9 Å². The van der Waals surface area contributed by atoms with Crippen molar-refractivity contribution in [2.45, 2.75) is 25.4 Å². The Morgan fingerprint density at radius 3 is 2.79 bits per heavy atom. The fraction of sp³-hybridized carbons (Fsp3) is 0.438. The number of ether oxygens (including phenoxy) is 2. The summed E-state index contributed by atoms with van der Waals surface area (Å²) in [6, 6.07) is 5.58. The Hall–Kier alpha value is -2.61. The number of likely N-dealkylation sites (tertiary alicyclic amines) is 1. The highest BCUT2D eigenvalue weighted by Crippen LogP contribution is 2.33. The molecule has 126 valence electrons. The van der Waals surface area contributed by atoms with Crippen LogP contribution in [0.25, 0.3) is 0 Å². The number of nitrogens with two attached hydrogens (primary N) is 1. The first-order valence-electron chi connectivity index (χ1n) is 8.04. The van der Waals surface area contributed by atoms with E-state index in [4.69, 9.17) is 15.2 Å². The van der Waals surface area contributed by atoms with Gasteiger partial charge in [0, 0.05) is 25.2 Å². The molecule has 4 rings (SSSR count). The molecule has 0 unspecified atom stereocenters. The van der Waals surface area contributed by atoms with Crippen molar-refractivity contribution in [1.29, 1.82) is 0 Å². The van der Waals surface area contributed by atoms with Crippen LogP contribution in [-0.4, -0.2) is 45.7 Å². The predicted molar refractivity (Wildman–Crippen MR) is 84.7 cm³/mol. The Balaban J connectivity index is 1.41. The van der Waals surface area contributed by atoms with Gasteiger partial charge in [-0.05, 0) is 31.0 Å². The minimum absolute atomic E-state index is 0.0213. The van der Waals surface area contributed by atoms with E-state index < -0.39 is 0 Å². The van der Waals surface area contributed by atoms with Gasteiger partial charge in [0.05, 0.1) is 17.9 Å². The van der Waals surface area contributed by atoms with Crippen molar-refractivity contribution in [3.63, 3.8) is 0 Å². The fourth-order valence-corrected chi connectivity index (χ4v) is 3.13. The van der Waals surface area contributed by atoms with E-state index in [9.17, 15) is 4.79 Å². The Morgan fingerprint density at radius 2 is 2.04 bits per heavy atom. The second kappa shape index (κ2) is 6.12. The van der Waals surface area contributed by atoms with Crippen LogP contribution in [0.5, 0.6) is 11.5 Å². The van der Waals surface area contributed by atoms with Crippen LogP contribution in [0, 0.1) is 0 Å². The lowest BCUT2D eigenvalue weighted by Crippen LogP contribution is -2.39. The topological polar surface area (TPSA) is 95.5 Å². The number of amides is 1. The van der Waals surface area contributed by atoms with Crippen LogP contribution in [0.3, 0.4) is 0 Å². The van der Waals surface area contributed by atoms with E-state index in [1.54, 1.807) is 18.2 Å². The van der Waals surface area contributed by atoms with E-state index in [0.29, 0.717) is 36.7 Å². The monoisotopic (exact) mass is 329 g/mol. The third kappa shape index (κ3) is 2.69. The highest BCUT2D eigenvalue weighted by atomic mass is 16.7. The van der Waals surface area contributed by atoms with Gasteiger partial charge in [0.15, 0.2) is 11.5 Å². The summed E-state index contributed by atoms with van der Waals surface area (Å²) < 4.78 is 12.5. The van der Waals surface area contributed by atoms with Gasteiger partial charge in [-0.15, -0.1) is 5.10 Å². The molecule has 0 spiro atoms. The molecule has 0 aliphatic carbocycles. The molecule has 1 aromatic heterocycles. The van der Waals surface area contributed by atoms with Crippen molar-refractivity contribution >= 4 is 5.91 Å². The summed E-state index contributed by atoms with van der Waals surface area (Å²) >= 11 is 0. The van der Waals surface area contributed by atoms with Gasteiger partial charge in [-0.3, -0.25) is 4.79 Å². The molecule has 24 heavy (non-hydrogen) atoms. The zero-order chi connectivity index (χ0) is 16.5. The molecule has 8 nitrogen and oxygen atoms in total. The largest absolute Gasteiger partial charge is 0.454 e. The van der Waals surface area contributed by atoms with Crippen molar-refractivity contribution in [1.82, 2.24) is 19.9 Å². The Morgan fingerprint density at radius 1 is 1.25 bits per heavy atom. The molecular weight excluding hydrogens is 310 g/mol. The van der Waals surface area contributed by atoms with Crippen molar-refractivity contribution in [3.05, 3.63) is 35.7 Å². The number of piperidine rings is 1. The number of hydrogen-bond donors (Lipinski definition) is 1. The van der Waals surface area contributed by atoms with E-state index in [1.807, 2.05) is 15.8 Å². The molecule has 0 saturated carbocycles. The van der Waals surface area contributed by atoms with Gasteiger partial charge in [-0.25, -0.2) is 4.68 Å². The molecule has 0 radical (unpaired) electrons. The van der Waals surface area contributed by atoms with Gasteiger partial charge < -0.3 is 20.1 Å². The minimum Gasteiger partial charge on any atom is -0.454 e. The number of carbonyl (C=O) groups excluding carboxylic acids is 1. The Bertz CT molecular complexity index is 752. The van der Waals surface area contributed by atoms with E-state index >= 15 is 0 Å². The minimum atomic E-state index is 0.0213. The second-order valence-corrected chi connectivity index (χ2v) is 5.99. The van der Waals surface area contributed by atoms with Crippen LogP contribution < -0.4 is 15.2 Å². The number of nitrogens with zero attached hydrogens (tertiary/aromatic N) is 4. The zero-order valence-electron chi connectivity index (χ0n) is 13.2. The highest BCUT2D eigenvalue weighted by molar-refractivity contribution is 5.95. The summed E-state index contributed by atoms with van der Waals surface area (Å²) in [5.74, 6) is 1.34. The Labute approximate surface area is 139 Å². The van der Waals surface area contributed by atoms with Crippen LogP contribution in [0.2, 0.25) is 0 Å². The molecule has 2 aromatic rings. The summed E-state index contributed by atoms with van der Waals surface area (Å²) in [4.78, 5) is 14.5. The quantitative estimate of drug-likeness (QED) is 0.900. The molecule has 1 saturated heterocycles. The van der Waals surface area contributed by atoms with E-state index in [-0.39, 0.29) is 18.7 Å². The van der Waals surface area contributed by atoms with Gasteiger partial charge in [-0.1, -0.05) is 5.21 Å². The SMILES string of the molecule is NCc1cn(C2CCN(C(=O)c3ccc4c(c3)OCO4)CC2)nn1. The number of hydrogen-bond acceptors (Lipinski definition) is 6. The molecule has 1 amide bonds. The predicted octanol–water partition coefficient (Wildman–Crippen LogP) is 0.943. The first kappa shape index (κ1) is 14.9. The average Bonchev–Trinajstić information content (AvgIpc) is 3.29. The molecular formula is C16H19N5O3. The molecule has 3 heterocycles. The van der Waals surface area contributed by atoms with Crippen LogP contribution in [-0.2, 0) is 6.54 Å². The van der Waals surface area contributed by atoms with E-state index in [0.717, 1.165) is 18.5 Å². The maximum atomic E-state index is 12.7. The number of benzene rings is 1. The number of rotatable bonds is 3. The first-order valence-corrected chi connectivity index (χ1v) is 8.04. The van der Waals surface area contributed by atoms with Crippen molar-refractivity contribution < 1.29 is 14.3 Å². The highest BCUT2D eigenvalue weighted by Gasteiger charge is 2.26. The van der Waals surface area contributed by atoms with Crippen LogP contribution in [0.4, 0.5) is 0 Å². The van der Waals surface area contributed by atoms with Gasteiger partial charge in [0.2, 0.25) is 6.79 Å². The Kier molecular flexibility index (Phi) is 3.81. The number of carbonyl (C=O) groups is 1. The standard InChI is InChI=1S/C16H19N5O3/c17-8-12-9-21(19-18-12)13-3-5-20(6-4-13)16(22)11-1-2-14-15(7-11)24-10-23-14/h1-2,7,9,13H,3-6,8,10,17H2. The maximum Gasteiger partial charge on any atom is 0.253 e. The van der Waals surface area contributed by atoms with E-state index in [1.165, 1.54) is 0 Å². The van der Waals surface area contributed by atoms with Crippen LogP contribution in [0.15, 0.2) is 24.4 Å². The summed E-state index contributed by atoms with van der Waals surface area (Å²) in [6.45, 7) is 1.98. The second-order valence-electron chi connectivity index (χ2n) is 5.99. The molecule has 0 bridgehead atoms. The average molecular weight is 329 g/mol.